The van der Waals surface area contributed by atoms with Gasteiger partial charge >= 0.3 is 0 Å². The average Bonchev–Trinajstić information content (AvgIpc) is 3.23. The number of phenolic OH excluding ortho intramolecular Hbond substituents is 1. The first-order valence-electron chi connectivity index (χ1n) is 9.35. The Morgan fingerprint density at radius 3 is 2.57 bits per heavy atom. The number of carbonyl (C=O) groups excluding carboxylic acids is 1. The van der Waals surface area contributed by atoms with Gasteiger partial charge in [-0.05, 0) is 37.1 Å². The van der Waals surface area contributed by atoms with Crippen molar-refractivity contribution >= 4 is 11.6 Å². The minimum Gasteiger partial charge on any atom is -0.502 e. The maximum Gasteiger partial charge on any atom is 0.257 e. The van der Waals surface area contributed by atoms with E-state index in [1.54, 1.807) is 17.0 Å². The van der Waals surface area contributed by atoms with E-state index in [4.69, 9.17) is 14.2 Å². The van der Waals surface area contributed by atoms with Crippen LogP contribution in [0.2, 0.25) is 0 Å². The van der Waals surface area contributed by atoms with E-state index >= 15 is 0 Å². The van der Waals surface area contributed by atoms with Gasteiger partial charge in [0.15, 0.2) is 11.5 Å². The summed E-state index contributed by atoms with van der Waals surface area (Å²) >= 11 is 0. The zero-order valence-corrected chi connectivity index (χ0v) is 16.0. The van der Waals surface area contributed by atoms with Crippen LogP contribution in [-0.4, -0.2) is 49.4 Å². The topological polar surface area (TPSA) is 80.3 Å². The standard InChI is InChI=1S/C21H24N2O5/c1-26-17-10-13(11-18(27-2)19(17)24)20-22-16-8-4-3-7-15(16)21(25)23(20)12-14-6-5-9-28-14/h3-4,7-8,10-11,14,20,22,24H,5-6,9,12H2,1-2H3/t14-,20+/m1/s1. The third kappa shape index (κ3) is 3.22. The van der Waals surface area contributed by atoms with Gasteiger partial charge in [-0.1, -0.05) is 12.1 Å². The molecule has 7 heteroatoms. The molecule has 7 nitrogen and oxygen atoms in total. The molecule has 0 saturated carbocycles. The maximum absolute atomic E-state index is 13.3. The van der Waals surface area contributed by atoms with E-state index in [1.165, 1.54) is 14.2 Å². The number of anilines is 1. The lowest BCUT2D eigenvalue weighted by Crippen LogP contribution is -2.46. The largest absolute Gasteiger partial charge is 0.502 e. The van der Waals surface area contributed by atoms with Gasteiger partial charge in [-0.15, -0.1) is 0 Å². The Morgan fingerprint density at radius 2 is 1.93 bits per heavy atom. The van der Waals surface area contributed by atoms with Crippen molar-refractivity contribution in [2.45, 2.75) is 25.1 Å². The first-order valence-corrected chi connectivity index (χ1v) is 9.35. The van der Waals surface area contributed by atoms with E-state index in [0.717, 1.165) is 30.7 Å². The highest BCUT2D eigenvalue weighted by Crippen LogP contribution is 2.42. The maximum atomic E-state index is 13.3. The number of carbonyl (C=O) groups is 1. The van der Waals surface area contributed by atoms with Crippen molar-refractivity contribution in [2.75, 3.05) is 32.7 Å². The summed E-state index contributed by atoms with van der Waals surface area (Å²) in [6.07, 6.45) is 1.51. The molecule has 2 aromatic rings. The lowest BCUT2D eigenvalue weighted by molar-refractivity contribution is 0.0426. The fourth-order valence-electron chi connectivity index (χ4n) is 3.82. The van der Waals surface area contributed by atoms with E-state index in [1.807, 2.05) is 24.3 Å². The van der Waals surface area contributed by atoms with Crippen LogP contribution in [-0.2, 0) is 4.74 Å². The van der Waals surface area contributed by atoms with Crippen LogP contribution in [0.15, 0.2) is 36.4 Å². The molecule has 0 aliphatic carbocycles. The zero-order valence-electron chi connectivity index (χ0n) is 16.0. The number of hydrogen-bond donors (Lipinski definition) is 2. The van der Waals surface area contributed by atoms with Crippen LogP contribution in [0.4, 0.5) is 5.69 Å². The Labute approximate surface area is 163 Å². The Morgan fingerprint density at radius 1 is 1.21 bits per heavy atom. The van der Waals surface area contributed by atoms with Crippen LogP contribution >= 0.6 is 0 Å². The monoisotopic (exact) mass is 384 g/mol. The molecule has 1 amide bonds. The molecule has 2 N–H and O–H groups in total. The van der Waals surface area contributed by atoms with Crippen molar-refractivity contribution < 1.29 is 24.1 Å². The van der Waals surface area contributed by atoms with Gasteiger partial charge in [0.25, 0.3) is 5.91 Å². The molecule has 0 aromatic heterocycles. The van der Waals surface area contributed by atoms with E-state index in [-0.39, 0.29) is 17.8 Å². The number of nitrogens with one attached hydrogen (secondary N) is 1. The predicted molar refractivity (Wildman–Crippen MR) is 104 cm³/mol. The third-order valence-corrected chi connectivity index (χ3v) is 5.26. The summed E-state index contributed by atoms with van der Waals surface area (Å²) in [4.78, 5) is 15.1. The van der Waals surface area contributed by atoms with Crippen molar-refractivity contribution in [3.05, 3.63) is 47.5 Å². The number of amides is 1. The predicted octanol–water partition coefficient (Wildman–Crippen LogP) is 3.15. The van der Waals surface area contributed by atoms with E-state index in [0.29, 0.717) is 23.6 Å². The number of nitrogens with zero attached hydrogens (tertiary/aromatic N) is 1. The highest BCUT2D eigenvalue weighted by molar-refractivity contribution is 6.01. The summed E-state index contributed by atoms with van der Waals surface area (Å²) in [6.45, 7) is 1.21. The Bertz CT molecular complexity index is 854. The van der Waals surface area contributed by atoms with Gasteiger partial charge in [0.2, 0.25) is 5.75 Å². The molecule has 1 fully saturated rings. The summed E-state index contributed by atoms with van der Waals surface area (Å²) in [5, 5.41) is 13.7. The highest BCUT2D eigenvalue weighted by Gasteiger charge is 2.36. The smallest absolute Gasteiger partial charge is 0.257 e. The summed E-state index contributed by atoms with van der Waals surface area (Å²) in [5.74, 6) is 0.460. The van der Waals surface area contributed by atoms with Crippen molar-refractivity contribution in [3.8, 4) is 17.2 Å². The fraction of sp³-hybridized carbons (Fsp3) is 0.381. The first kappa shape index (κ1) is 18.4. The molecule has 2 heterocycles. The van der Waals surface area contributed by atoms with Crippen molar-refractivity contribution in [1.82, 2.24) is 4.90 Å². The molecule has 4 rings (SSSR count). The molecule has 28 heavy (non-hydrogen) atoms. The third-order valence-electron chi connectivity index (χ3n) is 5.26. The molecule has 2 atom stereocenters. The van der Waals surface area contributed by atoms with Crippen LogP contribution in [0.25, 0.3) is 0 Å². The average molecular weight is 384 g/mol. The number of aromatic hydroxyl groups is 1. The minimum absolute atomic E-state index is 0.0134. The number of para-hydroxylation sites is 1. The van der Waals surface area contributed by atoms with Crippen molar-refractivity contribution in [2.24, 2.45) is 0 Å². The van der Waals surface area contributed by atoms with Crippen LogP contribution in [0, 0.1) is 0 Å². The summed E-state index contributed by atoms with van der Waals surface area (Å²) in [7, 11) is 2.97. The van der Waals surface area contributed by atoms with Gasteiger partial charge in [0.1, 0.15) is 6.17 Å². The number of hydrogen-bond acceptors (Lipinski definition) is 6. The number of phenols is 1. The molecule has 0 bridgehead atoms. The van der Waals surface area contributed by atoms with Gasteiger partial charge in [0.05, 0.1) is 25.9 Å². The van der Waals surface area contributed by atoms with Gasteiger partial charge in [-0.25, -0.2) is 0 Å². The van der Waals surface area contributed by atoms with Crippen LogP contribution in [0.1, 0.15) is 34.9 Å². The Balaban J connectivity index is 1.77. The molecular weight excluding hydrogens is 360 g/mol. The van der Waals surface area contributed by atoms with Crippen LogP contribution < -0.4 is 14.8 Å². The van der Waals surface area contributed by atoms with Gasteiger partial charge in [-0.3, -0.25) is 4.79 Å². The van der Waals surface area contributed by atoms with Crippen LogP contribution in [0.5, 0.6) is 17.2 Å². The SMILES string of the molecule is COc1cc([C@H]2Nc3ccccc3C(=O)N2C[C@H]2CCCO2)cc(OC)c1O. The number of methoxy groups -OCH3 is 2. The fourth-order valence-corrected chi connectivity index (χ4v) is 3.82. The lowest BCUT2D eigenvalue weighted by atomic mass is 10.0. The number of fused-ring (bicyclic) bond motifs is 1. The molecule has 0 radical (unpaired) electrons. The molecule has 2 aliphatic heterocycles. The zero-order chi connectivity index (χ0) is 19.7. The van der Waals surface area contributed by atoms with Gasteiger partial charge < -0.3 is 29.5 Å². The first-order chi connectivity index (χ1) is 13.6. The van der Waals surface area contributed by atoms with E-state index in [2.05, 4.69) is 5.32 Å². The van der Waals surface area contributed by atoms with Gasteiger partial charge in [0, 0.05) is 24.4 Å². The number of rotatable bonds is 5. The number of benzene rings is 2. The van der Waals surface area contributed by atoms with Gasteiger partial charge in [-0.2, -0.15) is 0 Å². The Hall–Kier alpha value is -2.93. The normalized spacial score (nSPS) is 21.2. The molecule has 0 spiro atoms. The van der Waals surface area contributed by atoms with Crippen LogP contribution in [0.3, 0.4) is 0 Å². The quantitative estimate of drug-likeness (QED) is 0.824. The summed E-state index contributed by atoms with van der Waals surface area (Å²) in [6, 6.07) is 10.9. The second kappa shape index (κ2) is 7.59. The Kier molecular flexibility index (Phi) is 5.00. The highest BCUT2D eigenvalue weighted by atomic mass is 16.5. The molecular formula is C21H24N2O5. The molecule has 148 valence electrons. The second-order valence-electron chi connectivity index (χ2n) is 6.96. The van der Waals surface area contributed by atoms with Crippen molar-refractivity contribution in [1.29, 1.82) is 0 Å². The van der Waals surface area contributed by atoms with Crippen molar-refractivity contribution in [3.63, 3.8) is 0 Å². The molecule has 1 saturated heterocycles. The van der Waals surface area contributed by atoms with E-state index in [9.17, 15) is 9.90 Å². The van der Waals surface area contributed by atoms with E-state index < -0.39 is 6.17 Å². The summed E-state index contributed by atoms with van der Waals surface area (Å²) < 4.78 is 16.4. The minimum atomic E-state index is -0.435. The summed E-state index contributed by atoms with van der Waals surface area (Å²) in [5.41, 5.74) is 2.16. The number of ether oxygens (including phenoxy) is 3. The molecule has 0 unspecified atom stereocenters. The molecule has 2 aliphatic rings. The molecule has 2 aromatic carbocycles. The lowest BCUT2D eigenvalue weighted by Gasteiger charge is -2.39. The second-order valence-corrected chi connectivity index (χ2v) is 6.96.